The second kappa shape index (κ2) is 12.5. The SMILES string of the molecule is CCOc1cc(/C=C/C(=O)N2CCN(c3ccncc3)CC2)ccc1OCCOc1ccccc1. The van der Waals surface area contributed by atoms with E-state index in [0.717, 1.165) is 30.1 Å². The van der Waals surface area contributed by atoms with Gasteiger partial charge in [0.2, 0.25) is 5.91 Å². The Morgan fingerprint density at radius 2 is 1.63 bits per heavy atom. The molecular weight excluding hydrogens is 442 g/mol. The molecule has 1 aliphatic heterocycles. The van der Waals surface area contributed by atoms with Crippen LogP contribution in [0.15, 0.2) is 79.1 Å². The first kappa shape index (κ1) is 24.1. The molecule has 2 heterocycles. The zero-order valence-corrected chi connectivity index (χ0v) is 20.0. The third-order valence-corrected chi connectivity index (χ3v) is 5.66. The number of para-hydroxylation sites is 1. The quantitative estimate of drug-likeness (QED) is 0.323. The molecule has 0 bridgehead atoms. The standard InChI is InChI=1S/C28H31N3O4/c1-2-33-27-22-23(8-10-26(27)35-21-20-34-25-6-4-3-5-7-25)9-11-28(32)31-18-16-30(17-19-31)24-12-14-29-15-13-24/h3-15,22H,2,16-21H2,1H3/b11-9+. The van der Waals surface area contributed by atoms with Gasteiger partial charge in [0.15, 0.2) is 11.5 Å². The Balaban J connectivity index is 1.29. The van der Waals surface area contributed by atoms with E-state index in [1.807, 2.05) is 78.6 Å². The molecule has 0 spiro atoms. The van der Waals surface area contributed by atoms with Crippen LogP contribution >= 0.6 is 0 Å². The Bertz CT molecular complexity index is 1100. The summed E-state index contributed by atoms with van der Waals surface area (Å²) in [6.45, 7) is 6.26. The molecule has 2 aromatic carbocycles. The Hall–Kier alpha value is -4.00. The molecule has 1 aromatic heterocycles. The highest BCUT2D eigenvalue weighted by atomic mass is 16.5. The van der Waals surface area contributed by atoms with E-state index in [4.69, 9.17) is 14.2 Å². The lowest BCUT2D eigenvalue weighted by Crippen LogP contribution is -2.48. The lowest BCUT2D eigenvalue weighted by Gasteiger charge is -2.35. The molecule has 0 atom stereocenters. The summed E-state index contributed by atoms with van der Waals surface area (Å²) < 4.78 is 17.3. The van der Waals surface area contributed by atoms with Gasteiger partial charge in [-0.05, 0) is 55.0 Å². The van der Waals surface area contributed by atoms with Crippen LogP contribution in [-0.4, -0.2) is 61.8 Å². The molecule has 0 unspecified atom stereocenters. The molecule has 182 valence electrons. The number of carbonyl (C=O) groups is 1. The van der Waals surface area contributed by atoms with E-state index in [1.54, 1.807) is 18.5 Å². The van der Waals surface area contributed by atoms with Crippen molar-refractivity contribution in [2.24, 2.45) is 0 Å². The van der Waals surface area contributed by atoms with Gasteiger partial charge in [-0.3, -0.25) is 9.78 Å². The van der Waals surface area contributed by atoms with E-state index in [0.29, 0.717) is 44.4 Å². The number of carbonyl (C=O) groups excluding carboxylic acids is 1. The van der Waals surface area contributed by atoms with Gasteiger partial charge in [0.05, 0.1) is 6.61 Å². The van der Waals surface area contributed by atoms with Crippen molar-refractivity contribution in [3.63, 3.8) is 0 Å². The topological polar surface area (TPSA) is 64.1 Å². The number of hydrogen-bond donors (Lipinski definition) is 0. The molecule has 0 saturated carbocycles. The number of piperazine rings is 1. The lowest BCUT2D eigenvalue weighted by molar-refractivity contribution is -0.126. The van der Waals surface area contributed by atoms with E-state index in [-0.39, 0.29) is 5.91 Å². The minimum atomic E-state index is 0.00993. The van der Waals surface area contributed by atoms with Gasteiger partial charge in [0.1, 0.15) is 19.0 Å². The molecule has 1 saturated heterocycles. The second-order valence-electron chi connectivity index (χ2n) is 8.00. The van der Waals surface area contributed by atoms with E-state index in [2.05, 4.69) is 9.88 Å². The number of aromatic nitrogens is 1. The van der Waals surface area contributed by atoms with Gasteiger partial charge in [0.25, 0.3) is 0 Å². The number of rotatable bonds is 10. The first-order chi connectivity index (χ1) is 17.2. The number of anilines is 1. The first-order valence-electron chi connectivity index (χ1n) is 11.9. The molecule has 7 heteroatoms. The van der Waals surface area contributed by atoms with Crippen LogP contribution < -0.4 is 19.1 Å². The van der Waals surface area contributed by atoms with Crippen molar-refractivity contribution >= 4 is 17.7 Å². The Morgan fingerprint density at radius 3 is 2.37 bits per heavy atom. The van der Waals surface area contributed by atoms with Crippen LogP contribution in [0.5, 0.6) is 17.2 Å². The minimum Gasteiger partial charge on any atom is -0.490 e. The van der Waals surface area contributed by atoms with Crippen molar-refractivity contribution in [3.8, 4) is 17.2 Å². The number of pyridine rings is 1. The molecule has 35 heavy (non-hydrogen) atoms. The number of hydrogen-bond acceptors (Lipinski definition) is 6. The second-order valence-corrected chi connectivity index (χ2v) is 8.00. The third kappa shape index (κ3) is 6.99. The maximum atomic E-state index is 12.7. The van der Waals surface area contributed by atoms with Crippen molar-refractivity contribution in [1.29, 1.82) is 0 Å². The van der Waals surface area contributed by atoms with Gasteiger partial charge < -0.3 is 24.0 Å². The smallest absolute Gasteiger partial charge is 0.246 e. The highest BCUT2D eigenvalue weighted by Gasteiger charge is 2.19. The fourth-order valence-electron chi connectivity index (χ4n) is 3.86. The predicted molar refractivity (Wildman–Crippen MR) is 137 cm³/mol. The zero-order valence-electron chi connectivity index (χ0n) is 20.0. The Morgan fingerprint density at radius 1 is 0.886 bits per heavy atom. The fraction of sp³-hybridized carbons (Fsp3) is 0.286. The van der Waals surface area contributed by atoms with Gasteiger partial charge >= 0.3 is 0 Å². The van der Waals surface area contributed by atoms with Crippen LogP contribution in [0.25, 0.3) is 6.08 Å². The summed E-state index contributed by atoms with van der Waals surface area (Å²) in [5.74, 6) is 2.12. The Kier molecular flexibility index (Phi) is 8.59. The first-order valence-corrected chi connectivity index (χ1v) is 11.9. The van der Waals surface area contributed by atoms with Crippen LogP contribution in [0.1, 0.15) is 12.5 Å². The molecule has 0 aliphatic carbocycles. The maximum Gasteiger partial charge on any atom is 0.246 e. The van der Waals surface area contributed by atoms with Crippen LogP contribution in [0.4, 0.5) is 5.69 Å². The zero-order chi connectivity index (χ0) is 24.3. The van der Waals surface area contributed by atoms with E-state index >= 15 is 0 Å². The van der Waals surface area contributed by atoms with Crippen molar-refractivity contribution < 1.29 is 19.0 Å². The highest BCUT2D eigenvalue weighted by Crippen LogP contribution is 2.29. The summed E-state index contributed by atoms with van der Waals surface area (Å²) in [4.78, 5) is 20.9. The monoisotopic (exact) mass is 473 g/mol. The number of ether oxygens (including phenoxy) is 3. The average Bonchev–Trinajstić information content (AvgIpc) is 2.92. The number of nitrogens with zero attached hydrogens (tertiary/aromatic N) is 3. The van der Waals surface area contributed by atoms with E-state index in [1.165, 1.54) is 0 Å². The number of benzene rings is 2. The van der Waals surface area contributed by atoms with Gasteiger partial charge in [0, 0.05) is 50.3 Å². The Labute approximate surface area is 206 Å². The molecule has 1 aliphatic rings. The fourth-order valence-corrected chi connectivity index (χ4v) is 3.86. The van der Waals surface area contributed by atoms with Gasteiger partial charge in [-0.2, -0.15) is 0 Å². The lowest BCUT2D eigenvalue weighted by atomic mass is 10.1. The molecular formula is C28H31N3O4. The molecule has 0 radical (unpaired) electrons. The molecule has 4 rings (SSSR count). The average molecular weight is 474 g/mol. The van der Waals surface area contributed by atoms with Crippen molar-refractivity contribution in [2.75, 3.05) is 50.9 Å². The highest BCUT2D eigenvalue weighted by molar-refractivity contribution is 5.92. The van der Waals surface area contributed by atoms with Crippen LogP contribution in [0.2, 0.25) is 0 Å². The molecule has 3 aromatic rings. The number of amides is 1. The third-order valence-electron chi connectivity index (χ3n) is 5.66. The summed E-state index contributed by atoms with van der Waals surface area (Å²) in [7, 11) is 0. The van der Waals surface area contributed by atoms with Crippen LogP contribution in [-0.2, 0) is 4.79 Å². The molecule has 7 nitrogen and oxygen atoms in total. The van der Waals surface area contributed by atoms with E-state index in [9.17, 15) is 4.79 Å². The minimum absolute atomic E-state index is 0.00993. The molecule has 0 N–H and O–H groups in total. The summed E-state index contributed by atoms with van der Waals surface area (Å²) in [6.07, 6.45) is 7.03. The molecule has 1 amide bonds. The predicted octanol–water partition coefficient (Wildman–Crippen LogP) is 4.30. The van der Waals surface area contributed by atoms with Gasteiger partial charge in [-0.15, -0.1) is 0 Å². The largest absolute Gasteiger partial charge is 0.490 e. The van der Waals surface area contributed by atoms with Gasteiger partial charge in [-0.1, -0.05) is 24.3 Å². The summed E-state index contributed by atoms with van der Waals surface area (Å²) >= 11 is 0. The summed E-state index contributed by atoms with van der Waals surface area (Å²) in [5, 5.41) is 0. The van der Waals surface area contributed by atoms with Crippen LogP contribution in [0, 0.1) is 0 Å². The summed E-state index contributed by atoms with van der Waals surface area (Å²) in [5.41, 5.74) is 2.02. The van der Waals surface area contributed by atoms with Gasteiger partial charge in [-0.25, -0.2) is 0 Å². The van der Waals surface area contributed by atoms with E-state index < -0.39 is 0 Å². The van der Waals surface area contributed by atoms with Crippen molar-refractivity contribution in [1.82, 2.24) is 9.88 Å². The normalized spacial score (nSPS) is 13.6. The van der Waals surface area contributed by atoms with Crippen molar-refractivity contribution in [3.05, 3.63) is 84.7 Å². The molecule has 1 fully saturated rings. The van der Waals surface area contributed by atoms with Crippen LogP contribution in [0.3, 0.4) is 0 Å². The summed E-state index contributed by atoms with van der Waals surface area (Å²) in [6, 6.07) is 19.3. The maximum absolute atomic E-state index is 12.7. The van der Waals surface area contributed by atoms with Crippen molar-refractivity contribution in [2.45, 2.75) is 6.92 Å².